The summed E-state index contributed by atoms with van der Waals surface area (Å²) in [5.41, 5.74) is 0. The van der Waals surface area contributed by atoms with Crippen molar-refractivity contribution in [3.05, 3.63) is 0 Å². The molecule has 0 radical (unpaired) electrons. The third-order valence-corrected chi connectivity index (χ3v) is 6.69. The van der Waals surface area contributed by atoms with Crippen LogP contribution in [0.4, 0.5) is 0 Å². The number of piperidine rings is 2. The SMILES string of the molecule is CC.CCCN1CC(C(=O)N2CCC(C3CCN(C(=O)COCC)CC3)CC2)C1. The summed E-state index contributed by atoms with van der Waals surface area (Å²) in [6.45, 7) is 15.6. The van der Waals surface area contributed by atoms with E-state index in [1.54, 1.807) is 0 Å². The van der Waals surface area contributed by atoms with Crippen molar-refractivity contribution in [2.45, 2.75) is 59.8 Å². The molecule has 0 saturated carbocycles. The van der Waals surface area contributed by atoms with Crippen LogP contribution in [0.2, 0.25) is 0 Å². The normalized spacial score (nSPS) is 22.1. The second-order valence-electron chi connectivity index (χ2n) is 8.47. The van der Waals surface area contributed by atoms with Crippen molar-refractivity contribution in [1.82, 2.24) is 14.7 Å². The number of rotatable bonds is 7. The van der Waals surface area contributed by atoms with Crippen LogP contribution in [0.5, 0.6) is 0 Å². The molecule has 3 saturated heterocycles. The molecule has 6 nitrogen and oxygen atoms in total. The van der Waals surface area contributed by atoms with Crippen molar-refractivity contribution in [2.24, 2.45) is 17.8 Å². The summed E-state index contributed by atoms with van der Waals surface area (Å²) in [4.78, 5) is 31.2. The van der Waals surface area contributed by atoms with Crippen molar-refractivity contribution in [3.63, 3.8) is 0 Å². The highest BCUT2D eigenvalue weighted by Gasteiger charge is 2.37. The van der Waals surface area contributed by atoms with Gasteiger partial charge in [0.1, 0.15) is 6.61 Å². The van der Waals surface area contributed by atoms with Gasteiger partial charge in [-0.25, -0.2) is 0 Å². The van der Waals surface area contributed by atoms with Gasteiger partial charge >= 0.3 is 0 Å². The van der Waals surface area contributed by atoms with Gasteiger partial charge in [0.25, 0.3) is 0 Å². The van der Waals surface area contributed by atoms with Gasteiger partial charge < -0.3 is 19.4 Å². The Labute approximate surface area is 177 Å². The smallest absolute Gasteiger partial charge is 0.248 e. The number of hydrogen-bond acceptors (Lipinski definition) is 4. The number of likely N-dealkylation sites (tertiary alicyclic amines) is 3. The van der Waals surface area contributed by atoms with Crippen LogP contribution in [0.1, 0.15) is 59.8 Å². The zero-order chi connectivity index (χ0) is 21.2. The minimum atomic E-state index is 0.133. The van der Waals surface area contributed by atoms with Gasteiger partial charge in [0, 0.05) is 45.9 Å². The van der Waals surface area contributed by atoms with Crippen molar-refractivity contribution < 1.29 is 14.3 Å². The van der Waals surface area contributed by atoms with Gasteiger partial charge in [0.15, 0.2) is 0 Å². The minimum Gasteiger partial charge on any atom is -0.372 e. The number of ether oxygens (including phenoxy) is 1. The van der Waals surface area contributed by atoms with Crippen molar-refractivity contribution in [1.29, 1.82) is 0 Å². The summed E-state index contributed by atoms with van der Waals surface area (Å²) >= 11 is 0. The molecule has 3 rings (SSSR count). The summed E-state index contributed by atoms with van der Waals surface area (Å²) in [6.07, 6.45) is 5.64. The summed E-state index contributed by atoms with van der Waals surface area (Å²) < 4.78 is 5.25. The van der Waals surface area contributed by atoms with Crippen LogP contribution in [0, 0.1) is 17.8 Å². The molecule has 0 atom stereocenters. The van der Waals surface area contributed by atoms with Crippen LogP contribution in [0.25, 0.3) is 0 Å². The predicted octanol–water partition coefficient (Wildman–Crippen LogP) is 2.87. The molecule has 0 aromatic heterocycles. The standard InChI is InChI=1S/C21H37N3O3.C2H6/c1-3-9-22-14-19(15-22)21(26)24-12-7-18(8-13-24)17-5-10-23(11-6-17)20(25)16-27-4-2;1-2/h17-19H,3-16H2,1-2H3;1-2H3. The first-order valence-corrected chi connectivity index (χ1v) is 12.0. The van der Waals surface area contributed by atoms with E-state index >= 15 is 0 Å². The Bertz CT molecular complexity index is 492. The van der Waals surface area contributed by atoms with Crippen LogP contribution in [-0.4, -0.2) is 85.5 Å². The van der Waals surface area contributed by atoms with Crippen molar-refractivity contribution in [2.75, 3.05) is 59.0 Å². The maximum Gasteiger partial charge on any atom is 0.248 e. The number of hydrogen-bond donors (Lipinski definition) is 0. The lowest BCUT2D eigenvalue weighted by molar-refractivity contribution is -0.143. The number of carbonyl (C=O) groups is 2. The monoisotopic (exact) mass is 409 g/mol. The summed E-state index contributed by atoms with van der Waals surface area (Å²) in [5.74, 6) is 2.19. The summed E-state index contributed by atoms with van der Waals surface area (Å²) in [7, 11) is 0. The Morgan fingerprint density at radius 1 is 0.862 bits per heavy atom. The first-order chi connectivity index (χ1) is 14.1. The highest BCUT2D eigenvalue weighted by atomic mass is 16.5. The first kappa shape index (κ1) is 24.1. The van der Waals surface area contributed by atoms with Gasteiger partial charge in [0.05, 0.1) is 5.92 Å². The predicted molar refractivity (Wildman–Crippen MR) is 117 cm³/mol. The molecule has 3 fully saturated rings. The quantitative estimate of drug-likeness (QED) is 0.649. The van der Waals surface area contributed by atoms with Crippen LogP contribution >= 0.6 is 0 Å². The molecule has 2 amide bonds. The largest absolute Gasteiger partial charge is 0.372 e. The fraction of sp³-hybridized carbons (Fsp3) is 0.913. The van der Waals surface area contributed by atoms with Crippen LogP contribution in [0.3, 0.4) is 0 Å². The first-order valence-electron chi connectivity index (χ1n) is 12.0. The topological polar surface area (TPSA) is 53.1 Å². The van der Waals surface area contributed by atoms with E-state index < -0.39 is 0 Å². The lowest BCUT2D eigenvalue weighted by Crippen LogP contribution is -2.55. The second kappa shape index (κ2) is 12.5. The maximum atomic E-state index is 12.7. The Kier molecular flexibility index (Phi) is 10.4. The molecule has 29 heavy (non-hydrogen) atoms. The fourth-order valence-electron chi connectivity index (χ4n) is 4.98. The Balaban J connectivity index is 0.00000145. The molecule has 0 aromatic carbocycles. The number of carbonyl (C=O) groups excluding carboxylic acids is 2. The van der Waals surface area contributed by atoms with E-state index in [0.717, 1.165) is 77.4 Å². The molecule has 3 heterocycles. The van der Waals surface area contributed by atoms with Crippen molar-refractivity contribution in [3.8, 4) is 0 Å². The summed E-state index contributed by atoms with van der Waals surface area (Å²) in [5, 5.41) is 0. The Hall–Kier alpha value is -1.14. The van der Waals surface area contributed by atoms with E-state index in [4.69, 9.17) is 4.74 Å². The Morgan fingerprint density at radius 2 is 1.38 bits per heavy atom. The van der Waals surface area contributed by atoms with E-state index in [2.05, 4.69) is 16.7 Å². The summed E-state index contributed by atoms with van der Waals surface area (Å²) in [6, 6.07) is 0. The molecule has 0 spiro atoms. The van der Waals surface area contributed by atoms with E-state index in [-0.39, 0.29) is 18.4 Å². The van der Waals surface area contributed by atoms with Crippen LogP contribution < -0.4 is 0 Å². The van der Waals surface area contributed by atoms with E-state index in [0.29, 0.717) is 18.4 Å². The fourth-order valence-corrected chi connectivity index (χ4v) is 4.98. The van der Waals surface area contributed by atoms with Gasteiger partial charge in [-0.3, -0.25) is 9.59 Å². The molecule has 0 aliphatic carbocycles. The third-order valence-electron chi connectivity index (χ3n) is 6.69. The molecule has 0 N–H and O–H groups in total. The number of amides is 2. The molecule has 0 unspecified atom stereocenters. The molecular formula is C23H43N3O3. The lowest BCUT2D eigenvalue weighted by Gasteiger charge is -2.44. The minimum absolute atomic E-state index is 0.133. The third kappa shape index (κ3) is 6.68. The van der Waals surface area contributed by atoms with E-state index in [1.165, 1.54) is 6.42 Å². The molecule has 3 aliphatic rings. The average Bonchev–Trinajstić information content (AvgIpc) is 2.75. The zero-order valence-corrected chi connectivity index (χ0v) is 19.2. The average molecular weight is 410 g/mol. The highest BCUT2D eigenvalue weighted by Crippen LogP contribution is 2.33. The van der Waals surface area contributed by atoms with Crippen molar-refractivity contribution >= 4 is 11.8 Å². The molecule has 6 heteroatoms. The molecule has 168 valence electrons. The zero-order valence-electron chi connectivity index (χ0n) is 19.2. The second-order valence-corrected chi connectivity index (χ2v) is 8.47. The lowest BCUT2D eigenvalue weighted by atomic mass is 9.78. The Morgan fingerprint density at radius 3 is 1.86 bits per heavy atom. The molecular weight excluding hydrogens is 366 g/mol. The molecule has 3 aliphatic heterocycles. The molecule has 0 aromatic rings. The van der Waals surface area contributed by atoms with Gasteiger partial charge in [-0.15, -0.1) is 0 Å². The van der Waals surface area contributed by atoms with E-state index in [1.807, 2.05) is 25.7 Å². The van der Waals surface area contributed by atoms with E-state index in [9.17, 15) is 9.59 Å². The van der Waals surface area contributed by atoms with Crippen LogP contribution in [-0.2, 0) is 14.3 Å². The number of nitrogens with zero attached hydrogens (tertiary/aromatic N) is 3. The van der Waals surface area contributed by atoms with Crippen LogP contribution in [0.15, 0.2) is 0 Å². The highest BCUT2D eigenvalue weighted by molar-refractivity contribution is 5.80. The van der Waals surface area contributed by atoms with Gasteiger partial charge in [-0.05, 0) is 57.4 Å². The van der Waals surface area contributed by atoms with Gasteiger partial charge in [-0.1, -0.05) is 20.8 Å². The van der Waals surface area contributed by atoms with Gasteiger partial charge in [-0.2, -0.15) is 0 Å². The molecule has 0 bridgehead atoms. The van der Waals surface area contributed by atoms with Gasteiger partial charge in [0.2, 0.25) is 11.8 Å². The maximum absolute atomic E-state index is 12.7.